The summed E-state index contributed by atoms with van der Waals surface area (Å²) in [6.45, 7) is 0.258. The first-order valence-electron chi connectivity index (χ1n) is 7.32. The number of amides is 1. The Bertz CT molecular complexity index is 570. The van der Waals surface area contributed by atoms with Gasteiger partial charge in [-0.05, 0) is 37.6 Å². The van der Waals surface area contributed by atoms with Gasteiger partial charge < -0.3 is 9.64 Å². The standard InChI is InChI=1S/C15H17BrF2N2O2/c16-10-3-4-13(22-15(17)18)12(8-10)14(21)20-7-6-19-5-1-2-11(19)9-20/h3-4,8,11,15H,1-2,5-7,9H2/t11-/m1/s1. The van der Waals surface area contributed by atoms with Crippen molar-refractivity contribution in [2.24, 2.45) is 0 Å². The van der Waals surface area contributed by atoms with Crippen LogP contribution in [-0.2, 0) is 0 Å². The molecule has 22 heavy (non-hydrogen) atoms. The SMILES string of the molecule is O=C(c1cc(Br)ccc1OC(F)F)N1CCN2CCC[C@@H]2C1. The smallest absolute Gasteiger partial charge is 0.387 e. The summed E-state index contributed by atoms with van der Waals surface area (Å²) in [6, 6.07) is 4.92. The summed E-state index contributed by atoms with van der Waals surface area (Å²) in [5.41, 5.74) is 0.182. The number of alkyl halides is 2. The van der Waals surface area contributed by atoms with Crippen molar-refractivity contribution >= 4 is 21.8 Å². The second-order valence-corrected chi connectivity index (χ2v) is 6.52. The zero-order valence-electron chi connectivity index (χ0n) is 12.0. The lowest BCUT2D eigenvalue weighted by molar-refractivity contribution is -0.0503. The Kier molecular flexibility index (Phi) is 4.63. The lowest BCUT2D eigenvalue weighted by Gasteiger charge is -2.37. The van der Waals surface area contributed by atoms with E-state index >= 15 is 0 Å². The van der Waals surface area contributed by atoms with Crippen LogP contribution < -0.4 is 4.74 Å². The molecule has 1 aromatic carbocycles. The van der Waals surface area contributed by atoms with Crippen molar-refractivity contribution in [3.63, 3.8) is 0 Å². The second kappa shape index (κ2) is 6.50. The van der Waals surface area contributed by atoms with Crippen molar-refractivity contribution in [1.29, 1.82) is 0 Å². The van der Waals surface area contributed by atoms with E-state index in [1.54, 1.807) is 17.0 Å². The first kappa shape index (κ1) is 15.7. The minimum atomic E-state index is -2.94. The van der Waals surface area contributed by atoms with Gasteiger partial charge in [0.15, 0.2) is 0 Å². The van der Waals surface area contributed by atoms with Gasteiger partial charge in [0.05, 0.1) is 5.56 Å². The van der Waals surface area contributed by atoms with E-state index in [0.29, 0.717) is 23.6 Å². The second-order valence-electron chi connectivity index (χ2n) is 5.60. The molecular weight excluding hydrogens is 358 g/mol. The third kappa shape index (κ3) is 3.25. The fourth-order valence-electron chi connectivity index (χ4n) is 3.21. The lowest BCUT2D eigenvalue weighted by Crippen LogP contribution is -2.52. The average molecular weight is 375 g/mol. The van der Waals surface area contributed by atoms with E-state index in [1.165, 1.54) is 6.07 Å². The highest BCUT2D eigenvalue weighted by Crippen LogP contribution is 2.28. The number of rotatable bonds is 3. The van der Waals surface area contributed by atoms with Crippen LogP contribution in [0.5, 0.6) is 5.75 Å². The molecule has 1 atom stereocenters. The van der Waals surface area contributed by atoms with Gasteiger partial charge in [0.1, 0.15) is 5.75 Å². The van der Waals surface area contributed by atoms with Crippen molar-refractivity contribution in [3.05, 3.63) is 28.2 Å². The molecule has 120 valence electrons. The summed E-state index contributed by atoms with van der Waals surface area (Å²) in [5, 5.41) is 0. The molecule has 0 unspecified atom stereocenters. The summed E-state index contributed by atoms with van der Waals surface area (Å²) < 4.78 is 30.2. The molecule has 2 aliphatic heterocycles. The Morgan fingerprint density at radius 3 is 2.91 bits per heavy atom. The largest absolute Gasteiger partial charge is 0.434 e. The van der Waals surface area contributed by atoms with Crippen LogP contribution in [0.1, 0.15) is 23.2 Å². The number of hydrogen-bond acceptors (Lipinski definition) is 3. The van der Waals surface area contributed by atoms with Crippen LogP contribution in [-0.4, -0.2) is 54.5 Å². The first-order chi connectivity index (χ1) is 10.5. The Morgan fingerprint density at radius 2 is 2.14 bits per heavy atom. The monoisotopic (exact) mass is 374 g/mol. The maximum Gasteiger partial charge on any atom is 0.387 e. The van der Waals surface area contributed by atoms with Gasteiger partial charge in [0.25, 0.3) is 5.91 Å². The van der Waals surface area contributed by atoms with Gasteiger partial charge in [0, 0.05) is 30.1 Å². The summed E-state index contributed by atoms with van der Waals surface area (Å²) >= 11 is 3.28. The molecule has 2 aliphatic rings. The van der Waals surface area contributed by atoms with Gasteiger partial charge in [-0.1, -0.05) is 15.9 Å². The molecule has 0 N–H and O–H groups in total. The number of halogens is 3. The molecule has 1 amide bonds. The molecular formula is C15H17BrF2N2O2. The minimum absolute atomic E-state index is 0.0722. The highest BCUT2D eigenvalue weighted by atomic mass is 79.9. The van der Waals surface area contributed by atoms with Gasteiger partial charge >= 0.3 is 6.61 Å². The van der Waals surface area contributed by atoms with Crippen LogP contribution in [0.2, 0.25) is 0 Å². The number of hydrogen-bond donors (Lipinski definition) is 0. The molecule has 2 fully saturated rings. The Hall–Kier alpha value is -1.21. The molecule has 0 radical (unpaired) electrons. The van der Waals surface area contributed by atoms with Gasteiger partial charge in [-0.3, -0.25) is 9.69 Å². The fourth-order valence-corrected chi connectivity index (χ4v) is 3.58. The maximum absolute atomic E-state index is 12.7. The average Bonchev–Trinajstić information content (AvgIpc) is 2.95. The number of ether oxygens (including phenoxy) is 1. The molecule has 0 aliphatic carbocycles. The number of carbonyl (C=O) groups is 1. The number of fused-ring (bicyclic) bond motifs is 1. The number of nitrogens with zero attached hydrogens (tertiary/aromatic N) is 2. The molecule has 7 heteroatoms. The van der Waals surface area contributed by atoms with Crippen LogP contribution in [0.15, 0.2) is 22.7 Å². The molecule has 0 aromatic heterocycles. The van der Waals surface area contributed by atoms with Crippen molar-refractivity contribution in [2.75, 3.05) is 26.2 Å². The first-order valence-corrected chi connectivity index (χ1v) is 8.11. The predicted molar refractivity (Wildman–Crippen MR) is 81.3 cm³/mol. The Balaban J connectivity index is 1.80. The number of carbonyl (C=O) groups excluding carboxylic acids is 1. The third-order valence-corrected chi connectivity index (χ3v) is 4.76. The van der Waals surface area contributed by atoms with Crippen LogP contribution in [0.3, 0.4) is 0 Å². The minimum Gasteiger partial charge on any atom is -0.434 e. The molecule has 0 saturated carbocycles. The van der Waals surface area contributed by atoms with Crippen LogP contribution >= 0.6 is 15.9 Å². The molecule has 2 saturated heterocycles. The van der Waals surface area contributed by atoms with Gasteiger partial charge in [-0.2, -0.15) is 8.78 Å². The quantitative estimate of drug-likeness (QED) is 0.815. The lowest BCUT2D eigenvalue weighted by atomic mass is 10.1. The van der Waals surface area contributed by atoms with Crippen molar-refractivity contribution in [2.45, 2.75) is 25.5 Å². The molecule has 0 spiro atoms. The number of benzene rings is 1. The van der Waals surface area contributed by atoms with Crippen LogP contribution in [0.4, 0.5) is 8.78 Å². The summed E-state index contributed by atoms with van der Waals surface area (Å²) in [7, 11) is 0. The summed E-state index contributed by atoms with van der Waals surface area (Å²) in [6.07, 6.45) is 2.24. The normalized spacial score (nSPS) is 22.0. The van der Waals surface area contributed by atoms with Crippen molar-refractivity contribution in [3.8, 4) is 5.75 Å². The highest BCUT2D eigenvalue weighted by molar-refractivity contribution is 9.10. The molecule has 0 bridgehead atoms. The van der Waals surface area contributed by atoms with Crippen LogP contribution in [0.25, 0.3) is 0 Å². The molecule has 2 heterocycles. The van der Waals surface area contributed by atoms with Gasteiger partial charge in [-0.25, -0.2) is 0 Å². The van der Waals surface area contributed by atoms with E-state index in [2.05, 4.69) is 25.6 Å². The number of piperazine rings is 1. The molecule has 3 rings (SSSR count). The predicted octanol–water partition coefficient (Wildman–Crippen LogP) is 2.97. The molecule has 1 aromatic rings. The van der Waals surface area contributed by atoms with E-state index in [0.717, 1.165) is 25.9 Å². The van der Waals surface area contributed by atoms with Gasteiger partial charge in [-0.15, -0.1) is 0 Å². The van der Waals surface area contributed by atoms with Crippen molar-refractivity contribution < 1.29 is 18.3 Å². The topological polar surface area (TPSA) is 32.8 Å². The molecule has 4 nitrogen and oxygen atoms in total. The fraction of sp³-hybridized carbons (Fsp3) is 0.533. The van der Waals surface area contributed by atoms with E-state index in [4.69, 9.17) is 0 Å². The van der Waals surface area contributed by atoms with E-state index in [1.807, 2.05) is 0 Å². The summed E-state index contributed by atoms with van der Waals surface area (Å²) in [4.78, 5) is 16.8. The maximum atomic E-state index is 12.7. The Morgan fingerprint density at radius 1 is 1.32 bits per heavy atom. The highest BCUT2D eigenvalue weighted by Gasteiger charge is 2.33. The third-order valence-electron chi connectivity index (χ3n) is 4.26. The zero-order valence-corrected chi connectivity index (χ0v) is 13.6. The van der Waals surface area contributed by atoms with E-state index < -0.39 is 6.61 Å². The van der Waals surface area contributed by atoms with Crippen molar-refractivity contribution in [1.82, 2.24) is 9.80 Å². The zero-order chi connectivity index (χ0) is 15.7. The van der Waals surface area contributed by atoms with E-state index in [9.17, 15) is 13.6 Å². The summed E-state index contributed by atoms with van der Waals surface area (Å²) in [5.74, 6) is -0.319. The van der Waals surface area contributed by atoms with Crippen LogP contribution in [0, 0.1) is 0 Å². The Labute approximate surface area is 136 Å². The van der Waals surface area contributed by atoms with E-state index in [-0.39, 0.29) is 17.2 Å². The van der Waals surface area contributed by atoms with Gasteiger partial charge in [0.2, 0.25) is 0 Å².